The number of carbonyl (C=O) groups is 1. The summed E-state index contributed by atoms with van der Waals surface area (Å²) in [6.07, 6.45) is -4.58. The van der Waals surface area contributed by atoms with E-state index in [1.54, 1.807) is 11.9 Å². The molecule has 0 aliphatic heterocycles. The van der Waals surface area contributed by atoms with Crippen molar-refractivity contribution in [1.82, 2.24) is 4.90 Å². The number of likely N-dealkylation sites (N-methyl/N-ethyl adjacent to an activating group) is 1. The second-order valence-corrected chi connectivity index (χ2v) is 8.27. The Morgan fingerprint density at radius 3 is 2.21 bits per heavy atom. The number of alkyl halides is 3. The molecule has 2 aromatic carbocycles. The van der Waals surface area contributed by atoms with Crippen molar-refractivity contribution in [3.63, 3.8) is 0 Å². The van der Waals surface area contributed by atoms with Crippen LogP contribution in [-0.4, -0.2) is 24.4 Å². The van der Waals surface area contributed by atoms with Crippen LogP contribution < -0.4 is 5.32 Å². The quantitative estimate of drug-likeness (QED) is 0.680. The molecule has 2 aromatic rings. The number of rotatable bonds is 5. The lowest BCUT2D eigenvalue weighted by molar-refractivity contribution is -0.137. The number of hydrogen-bond donors (Lipinski definition) is 1. The van der Waals surface area contributed by atoms with Gasteiger partial charge in [0.15, 0.2) is 0 Å². The maximum atomic E-state index is 12.9. The first-order valence-corrected chi connectivity index (χ1v) is 9.18. The van der Waals surface area contributed by atoms with Crippen molar-refractivity contribution in [2.24, 2.45) is 0 Å². The summed E-state index contributed by atoms with van der Waals surface area (Å²) in [5.41, 5.74) is 1.43. The molecule has 0 fully saturated rings. The predicted molar refractivity (Wildman–Crippen MR) is 107 cm³/mol. The zero-order valence-corrected chi connectivity index (χ0v) is 17.1. The Morgan fingerprint density at radius 1 is 1.07 bits per heavy atom. The molecule has 0 saturated carbocycles. The average molecular weight is 413 g/mol. The van der Waals surface area contributed by atoms with Gasteiger partial charge in [-0.25, -0.2) is 0 Å². The summed E-state index contributed by atoms with van der Waals surface area (Å²) in [5.74, 6) is -0.399. The summed E-state index contributed by atoms with van der Waals surface area (Å²) in [4.78, 5) is 14.0. The smallest absolute Gasteiger partial charge is 0.325 e. The molecule has 0 unspecified atom stereocenters. The van der Waals surface area contributed by atoms with E-state index in [4.69, 9.17) is 11.6 Å². The van der Waals surface area contributed by atoms with Gasteiger partial charge in [0.25, 0.3) is 0 Å². The number of nitrogens with zero attached hydrogens (tertiary/aromatic N) is 1. The molecule has 0 aliphatic carbocycles. The van der Waals surface area contributed by atoms with E-state index >= 15 is 0 Å². The molecule has 0 radical (unpaired) electrons. The lowest BCUT2D eigenvalue weighted by Gasteiger charge is -2.20. The topological polar surface area (TPSA) is 32.3 Å². The fourth-order valence-corrected chi connectivity index (χ4v) is 2.97. The maximum Gasteiger partial charge on any atom is 0.417 e. The van der Waals surface area contributed by atoms with Crippen molar-refractivity contribution in [3.8, 4) is 0 Å². The van der Waals surface area contributed by atoms with Crippen molar-refractivity contribution in [2.75, 3.05) is 18.9 Å². The van der Waals surface area contributed by atoms with Gasteiger partial charge in [-0.1, -0.05) is 56.6 Å². The van der Waals surface area contributed by atoms with E-state index in [-0.39, 0.29) is 17.6 Å². The number of nitrogens with one attached hydrogen (secondary N) is 1. The largest absolute Gasteiger partial charge is 0.417 e. The molecule has 0 aromatic heterocycles. The second kappa shape index (κ2) is 8.53. The minimum atomic E-state index is -4.58. The van der Waals surface area contributed by atoms with E-state index in [0.717, 1.165) is 17.7 Å². The van der Waals surface area contributed by atoms with Crippen molar-refractivity contribution in [3.05, 3.63) is 64.2 Å². The van der Waals surface area contributed by atoms with Crippen LogP contribution in [-0.2, 0) is 22.9 Å². The fraction of sp³-hybridized carbons (Fsp3) is 0.381. The van der Waals surface area contributed by atoms with Gasteiger partial charge < -0.3 is 5.32 Å². The van der Waals surface area contributed by atoms with Crippen molar-refractivity contribution in [2.45, 2.75) is 38.9 Å². The van der Waals surface area contributed by atoms with E-state index < -0.39 is 22.7 Å². The van der Waals surface area contributed by atoms with Gasteiger partial charge in [0.05, 0.1) is 17.1 Å². The van der Waals surface area contributed by atoms with E-state index in [1.807, 2.05) is 12.1 Å². The third-order valence-corrected chi connectivity index (χ3v) is 4.57. The first-order valence-electron chi connectivity index (χ1n) is 8.81. The van der Waals surface area contributed by atoms with Crippen LogP contribution in [0.15, 0.2) is 42.5 Å². The molecule has 152 valence electrons. The van der Waals surface area contributed by atoms with Crippen LogP contribution in [0.25, 0.3) is 0 Å². The Hall–Kier alpha value is -2.05. The minimum Gasteiger partial charge on any atom is -0.325 e. The standard InChI is InChI=1S/C21H24ClF3N2O/c1-20(2,3)15-7-5-14(6-8-15)12-27(4)13-19(28)26-16-9-10-18(22)17(11-16)21(23,24)25/h5-11H,12-13H2,1-4H3,(H,26,28). The van der Waals surface area contributed by atoms with Crippen LogP contribution in [0.5, 0.6) is 0 Å². The monoisotopic (exact) mass is 412 g/mol. The molecule has 2 rings (SSSR count). The summed E-state index contributed by atoms with van der Waals surface area (Å²) in [6, 6.07) is 11.5. The van der Waals surface area contributed by atoms with Gasteiger partial charge in [-0.3, -0.25) is 9.69 Å². The van der Waals surface area contributed by atoms with Gasteiger partial charge >= 0.3 is 6.18 Å². The van der Waals surface area contributed by atoms with Crippen LogP contribution in [0.4, 0.5) is 18.9 Å². The first kappa shape index (κ1) is 22.2. The van der Waals surface area contributed by atoms with Crippen LogP contribution in [0.2, 0.25) is 5.02 Å². The van der Waals surface area contributed by atoms with Crippen molar-refractivity contribution < 1.29 is 18.0 Å². The molecule has 0 bridgehead atoms. The van der Waals surface area contributed by atoms with Gasteiger partial charge in [-0.2, -0.15) is 13.2 Å². The summed E-state index contributed by atoms with van der Waals surface area (Å²) in [5, 5.41) is 2.09. The summed E-state index contributed by atoms with van der Waals surface area (Å²) in [6.45, 7) is 7.01. The fourth-order valence-electron chi connectivity index (χ4n) is 2.74. The third-order valence-electron chi connectivity index (χ3n) is 4.24. The number of hydrogen-bond acceptors (Lipinski definition) is 2. The minimum absolute atomic E-state index is 0.0466. The molecular weight excluding hydrogens is 389 g/mol. The van der Waals surface area contributed by atoms with Crippen molar-refractivity contribution >= 4 is 23.2 Å². The van der Waals surface area contributed by atoms with Gasteiger partial charge in [0.1, 0.15) is 0 Å². The molecule has 0 spiro atoms. The zero-order valence-electron chi connectivity index (χ0n) is 16.3. The SMILES string of the molecule is CN(CC(=O)Nc1ccc(Cl)c(C(F)(F)F)c1)Cc1ccc(C(C)(C)C)cc1. The summed E-state index contributed by atoms with van der Waals surface area (Å²) < 4.78 is 38.7. The molecule has 1 amide bonds. The van der Waals surface area contributed by atoms with Crippen LogP contribution in [0.3, 0.4) is 0 Å². The molecule has 1 N–H and O–H groups in total. The van der Waals surface area contributed by atoms with Gasteiger partial charge in [-0.05, 0) is 41.8 Å². The lowest BCUT2D eigenvalue weighted by Crippen LogP contribution is -2.30. The van der Waals surface area contributed by atoms with Crippen molar-refractivity contribution in [1.29, 1.82) is 0 Å². The Labute approximate surface area is 168 Å². The summed E-state index contributed by atoms with van der Waals surface area (Å²) in [7, 11) is 1.78. The highest BCUT2D eigenvalue weighted by Gasteiger charge is 2.33. The van der Waals surface area contributed by atoms with Gasteiger partial charge in [-0.15, -0.1) is 0 Å². The zero-order chi connectivity index (χ0) is 21.1. The third kappa shape index (κ3) is 6.24. The number of anilines is 1. The Balaban J connectivity index is 1.96. The highest BCUT2D eigenvalue weighted by Crippen LogP contribution is 2.36. The number of amides is 1. The van der Waals surface area contributed by atoms with Crippen LogP contribution in [0.1, 0.15) is 37.5 Å². The van der Waals surface area contributed by atoms with Gasteiger partial charge in [0, 0.05) is 12.2 Å². The molecule has 28 heavy (non-hydrogen) atoms. The second-order valence-electron chi connectivity index (χ2n) is 7.86. The molecule has 3 nitrogen and oxygen atoms in total. The average Bonchev–Trinajstić information content (AvgIpc) is 2.55. The van der Waals surface area contributed by atoms with Crippen LogP contribution in [0, 0.1) is 0 Å². The highest BCUT2D eigenvalue weighted by molar-refractivity contribution is 6.31. The summed E-state index contributed by atoms with van der Waals surface area (Å²) >= 11 is 5.59. The molecule has 7 heteroatoms. The van der Waals surface area contributed by atoms with E-state index in [2.05, 4.69) is 38.2 Å². The van der Waals surface area contributed by atoms with E-state index in [9.17, 15) is 18.0 Å². The lowest BCUT2D eigenvalue weighted by atomic mass is 9.87. The normalized spacial score (nSPS) is 12.3. The van der Waals surface area contributed by atoms with Crippen LogP contribution >= 0.6 is 11.6 Å². The van der Waals surface area contributed by atoms with E-state index in [0.29, 0.717) is 6.54 Å². The van der Waals surface area contributed by atoms with E-state index in [1.165, 1.54) is 11.6 Å². The molecule has 0 atom stereocenters. The molecule has 0 saturated heterocycles. The Kier molecular flexibility index (Phi) is 6.78. The predicted octanol–water partition coefficient (Wildman–Crippen LogP) is 5.73. The van der Waals surface area contributed by atoms with Gasteiger partial charge in [0.2, 0.25) is 5.91 Å². The molecule has 0 heterocycles. The Morgan fingerprint density at radius 2 is 1.68 bits per heavy atom. The first-order chi connectivity index (χ1) is 12.9. The maximum absolute atomic E-state index is 12.9. The highest BCUT2D eigenvalue weighted by atomic mass is 35.5. The Bertz CT molecular complexity index is 827. The molecule has 0 aliphatic rings. The number of halogens is 4. The number of carbonyl (C=O) groups excluding carboxylic acids is 1. The molecular formula is C21H24ClF3N2O. The number of benzene rings is 2.